The molecule has 3 aromatic rings. The third-order valence-electron chi connectivity index (χ3n) is 2.77. The van der Waals surface area contributed by atoms with Crippen LogP contribution in [0, 0.1) is 0 Å². The molecule has 5 heteroatoms. The molecular weight excluding hydrogens is 242 g/mol. The number of aliphatic hydroxyl groups is 1. The van der Waals surface area contributed by atoms with Crippen LogP contribution in [0.15, 0.2) is 42.5 Å². The molecule has 0 spiro atoms. The summed E-state index contributed by atoms with van der Waals surface area (Å²) in [5.74, 6) is 1.96. The Morgan fingerprint density at radius 1 is 1.11 bits per heavy atom. The summed E-state index contributed by atoms with van der Waals surface area (Å²) in [5, 5.41) is 9.03. The van der Waals surface area contributed by atoms with Crippen LogP contribution in [0.3, 0.4) is 0 Å². The predicted molar refractivity (Wildman–Crippen MR) is 72.9 cm³/mol. The van der Waals surface area contributed by atoms with Crippen molar-refractivity contribution in [3.63, 3.8) is 0 Å². The van der Waals surface area contributed by atoms with Gasteiger partial charge >= 0.3 is 0 Å². The quantitative estimate of drug-likeness (QED) is 0.627. The van der Waals surface area contributed by atoms with Crippen LogP contribution < -0.4 is 10.5 Å². The molecule has 19 heavy (non-hydrogen) atoms. The van der Waals surface area contributed by atoms with Gasteiger partial charge in [-0.15, -0.1) is 0 Å². The van der Waals surface area contributed by atoms with Gasteiger partial charge in [0, 0.05) is 11.8 Å². The number of ether oxygens (including phenoxy) is 1. The van der Waals surface area contributed by atoms with Crippen LogP contribution in [0.4, 0.5) is 5.69 Å². The molecule has 96 valence electrons. The lowest BCUT2D eigenvalue weighted by Gasteiger charge is -2.05. The predicted octanol–water partition coefficient (Wildman–Crippen LogP) is 2.43. The van der Waals surface area contributed by atoms with Crippen molar-refractivity contribution >= 4 is 16.7 Å². The topological polar surface area (TPSA) is 84.2 Å². The lowest BCUT2D eigenvalue weighted by Crippen LogP contribution is -1.86. The van der Waals surface area contributed by atoms with E-state index in [4.69, 9.17) is 15.6 Å². The number of imidazole rings is 1. The van der Waals surface area contributed by atoms with Crippen molar-refractivity contribution in [2.45, 2.75) is 6.61 Å². The molecule has 0 aliphatic heterocycles. The molecule has 1 aromatic heterocycles. The Kier molecular flexibility index (Phi) is 2.81. The van der Waals surface area contributed by atoms with Gasteiger partial charge in [0.25, 0.3) is 0 Å². The van der Waals surface area contributed by atoms with Crippen LogP contribution in [-0.4, -0.2) is 15.1 Å². The standard InChI is InChI=1S/C14H13N3O2/c15-9-1-3-10(4-2-9)19-11-5-6-12-13(7-11)17-14(8-18)16-12/h1-7,18H,8,15H2,(H,16,17). The maximum atomic E-state index is 9.03. The first-order valence-electron chi connectivity index (χ1n) is 5.87. The Labute approximate surface area is 109 Å². The van der Waals surface area contributed by atoms with Gasteiger partial charge in [0.05, 0.1) is 11.0 Å². The number of fused-ring (bicyclic) bond motifs is 1. The number of H-pyrrole nitrogens is 1. The van der Waals surface area contributed by atoms with Gasteiger partial charge < -0.3 is 20.6 Å². The molecule has 2 aromatic carbocycles. The Bertz CT molecular complexity index is 704. The van der Waals surface area contributed by atoms with E-state index in [-0.39, 0.29) is 6.61 Å². The van der Waals surface area contributed by atoms with Gasteiger partial charge in [-0.3, -0.25) is 0 Å². The summed E-state index contributed by atoms with van der Waals surface area (Å²) in [4.78, 5) is 7.23. The van der Waals surface area contributed by atoms with Gasteiger partial charge in [-0.25, -0.2) is 4.98 Å². The van der Waals surface area contributed by atoms with Crippen LogP contribution >= 0.6 is 0 Å². The van der Waals surface area contributed by atoms with Crippen LogP contribution in [0.5, 0.6) is 11.5 Å². The van der Waals surface area contributed by atoms with Crippen LogP contribution in [0.2, 0.25) is 0 Å². The van der Waals surface area contributed by atoms with Gasteiger partial charge in [0.1, 0.15) is 23.9 Å². The number of nitrogen functional groups attached to an aromatic ring is 1. The molecule has 4 N–H and O–H groups in total. The number of hydrogen-bond acceptors (Lipinski definition) is 4. The zero-order chi connectivity index (χ0) is 13.2. The van der Waals surface area contributed by atoms with Crippen molar-refractivity contribution in [3.8, 4) is 11.5 Å². The minimum absolute atomic E-state index is 0.108. The summed E-state index contributed by atoms with van der Waals surface area (Å²) in [7, 11) is 0. The van der Waals surface area contributed by atoms with E-state index in [1.807, 2.05) is 30.3 Å². The fourth-order valence-electron chi connectivity index (χ4n) is 1.85. The SMILES string of the molecule is Nc1ccc(Oc2ccc3nc(CO)[nH]c3c2)cc1. The van der Waals surface area contributed by atoms with Crippen molar-refractivity contribution in [3.05, 3.63) is 48.3 Å². The number of hydrogen-bond donors (Lipinski definition) is 3. The van der Waals surface area contributed by atoms with Gasteiger partial charge in [-0.1, -0.05) is 0 Å². The second-order valence-electron chi connectivity index (χ2n) is 4.19. The number of aliphatic hydroxyl groups excluding tert-OH is 1. The molecule has 0 atom stereocenters. The number of nitrogens with two attached hydrogens (primary N) is 1. The van der Waals surface area contributed by atoms with E-state index in [9.17, 15) is 0 Å². The molecule has 3 rings (SSSR count). The normalized spacial score (nSPS) is 10.8. The molecule has 5 nitrogen and oxygen atoms in total. The van der Waals surface area contributed by atoms with Crippen molar-refractivity contribution in [1.82, 2.24) is 9.97 Å². The van der Waals surface area contributed by atoms with Crippen molar-refractivity contribution in [2.24, 2.45) is 0 Å². The van der Waals surface area contributed by atoms with Crippen molar-refractivity contribution in [2.75, 3.05) is 5.73 Å². The number of rotatable bonds is 3. The Hall–Kier alpha value is -2.53. The van der Waals surface area contributed by atoms with Gasteiger partial charge in [0.2, 0.25) is 0 Å². The lowest BCUT2D eigenvalue weighted by atomic mass is 10.3. The maximum Gasteiger partial charge on any atom is 0.133 e. The van der Waals surface area contributed by atoms with Crippen LogP contribution in [0.1, 0.15) is 5.82 Å². The van der Waals surface area contributed by atoms with Crippen LogP contribution in [0.25, 0.3) is 11.0 Å². The largest absolute Gasteiger partial charge is 0.457 e. The van der Waals surface area contributed by atoms with E-state index in [1.165, 1.54) is 0 Å². The summed E-state index contributed by atoms with van der Waals surface area (Å²) in [5.41, 5.74) is 7.95. The Morgan fingerprint density at radius 3 is 2.58 bits per heavy atom. The minimum Gasteiger partial charge on any atom is -0.457 e. The molecule has 0 saturated carbocycles. The molecule has 1 heterocycles. The monoisotopic (exact) mass is 255 g/mol. The maximum absolute atomic E-state index is 9.03. The first kappa shape index (κ1) is 11.6. The summed E-state index contributed by atoms with van der Waals surface area (Å²) < 4.78 is 5.72. The number of aromatic amines is 1. The first-order chi connectivity index (χ1) is 9.24. The first-order valence-corrected chi connectivity index (χ1v) is 5.87. The van der Waals surface area contributed by atoms with Crippen molar-refractivity contribution < 1.29 is 9.84 Å². The molecule has 0 aliphatic carbocycles. The Morgan fingerprint density at radius 2 is 1.84 bits per heavy atom. The fourth-order valence-corrected chi connectivity index (χ4v) is 1.85. The average Bonchev–Trinajstić information content (AvgIpc) is 2.83. The molecule has 0 bridgehead atoms. The second kappa shape index (κ2) is 4.62. The second-order valence-corrected chi connectivity index (χ2v) is 4.19. The average molecular weight is 255 g/mol. The van der Waals surface area contributed by atoms with E-state index >= 15 is 0 Å². The summed E-state index contributed by atoms with van der Waals surface area (Å²) in [6.07, 6.45) is 0. The van der Waals surface area contributed by atoms with E-state index in [0.29, 0.717) is 17.3 Å². The number of anilines is 1. The number of aromatic nitrogens is 2. The van der Waals surface area contributed by atoms with Crippen molar-refractivity contribution in [1.29, 1.82) is 0 Å². The molecule has 0 fully saturated rings. The smallest absolute Gasteiger partial charge is 0.133 e. The molecule has 0 saturated heterocycles. The highest BCUT2D eigenvalue weighted by Crippen LogP contribution is 2.25. The molecule has 0 unspecified atom stereocenters. The summed E-state index contributed by atoms with van der Waals surface area (Å²) in [6.45, 7) is -0.108. The third kappa shape index (κ3) is 2.36. The van der Waals surface area contributed by atoms with E-state index < -0.39 is 0 Å². The molecular formula is C14H13N3O2. The highest BCUT2D eigenvalue weighted by Gasteiger charge is 2.04. The van der Waals surface area contributed by atoms with Gasteiger partial charge in [0.15, 0.2) is 0 Å². The number of nitrogens with zero attached hydrogens (tertiary/aromatic N) is 1. The van der Waals surface area contributed by atoms with E-state index in [2.05, 4.69) is 9.97 Å². The van der Waals surface area contributed by atoms with E-state index in [0.717, 1.165) is 16.8 Å². The Balaban J connectivity index is 1.90. The minimum atomic E-state index is -0.108. The molecule has 0 amide bonds. The van der Waals surface area contributed by atoms with Gasteiger partial charge in [-0.05, 0) is 36.4 Å². The highest BCUT2D eigenvalue weighted by molar-refractivity contribution is 5.76. The zero-order valence-corrected chi connectivity index (χ0v) is 10.1. The number of benzene rings is 2. The zero-order valence-electron chi connectivity index (χ0n) is 10.1. The molecule has 0 aliphatic rings. The number of nitrogens with one attached hydrogen (secondary N) is 1. The summed E-state index contributed by atoms with van der Waals surface area (Å²) >= 11 is 0. The lowest BCUT2D eigenvalue weighted by molar-refractivity contribution is 0.273. The highest BCUT2D eigenvalue weighted by atomic mass is 16.5. The molecule has 0 radical (unpaired) electrons. The van der Waals surface area contributed by atoms with E-state index in [1.54, 1.807) is 12.1 Å². The van der Waals surface area contributed by atoms with Gasteiger partial charge in [-0.2, -0.15) is 0 Å². The summed E-state index contributed by atoms with van der Waals surface area (Å²) in [6, 6.07) is 12.7. The fraction of sp³-hybridized carbons (Fsp3) is 0.0714. The third-order valence-corrected chi connectivity index (χ3v) is 2.77. The van der Waals surface area contributed by atoms with Crippen LogP contribution in [-0.2, 0) is 6.61 Å².